The summed E-state index contributed by atoms with van der Waals surface area (Å²) in [5.74, 6) is 1.60. The molecule has 140 valence electrons. The quantitative estimate of drug-likeness (QED) is 0.667. The van der Waals surface area contributed by atoms with Crippen LogP contribution in [0.2, 0.25) is 0 Å². The molecule has 4 heteroatoms. The molecule has 0 aromatic heterocycles. The molecule has 1 aromatic rings. The number of benzene rings is 1. The molecule has 1 amide bonds. The standard InChI is InChI=1S/C21H34N2O2/c1-3-23(4-2)16-17-25-20-13-9-8-12-19(20)22-21(24)15-14-18-10-6-5-7-11-18/h8-9,12-13,18H,3-7,10-11,14-17H2,1-2H3,(H,22,24). The first-order chi connectivity index (χ1) is 12.2. The lowest BCUT2D eigenvalue weighted by Gasteiger charge is -2.21. The first-order valence-electron chi connectivity index (χ1n) is 9.97. The average molecular weight is 347 g/mol. The molecule has 1 aliphatic rings. The van der Waals surface area contributed by atoms with Gasteiger partial charge in [-0.25, -0.2) is 0 Å². The second kappa shape index (κ2) is 11.1. The van der Waals surface area contributed by atoms with E-state index in [0.717, 1.165) is 43.4 Å². The summed E-state index contributed by atoms with van der Waals surface area (Å²) in [6.45, 7) is 7.90. The van der Waals surface area contributed by atoms with Crippen LogP contribution in [0.4, 0.5) is 5.69 Å². The molecule has 0 unspecified atom stereocenters. The number of para-hydroxylation sites is 2. The smallest absolute Gasteiger partial charge is 0.224 e. The topological polar surface area (TPSA) is 41.6 Å². The second-order valence-electron chi connectivity index (χ2n) is 6.96. The van der Waals surface area contributed by atoms with E-state index in [1.54, 1.807) is 0 Å². The molecular weight excluding hydrogens is 312 g/mol. The van der Waals surface area contributed by atoms with E-state index in [-0.39, 0.29) is 5.91 Å². The third kappa shape index (κ3) is 7.07. The van der Waals surface area contributed by atoms with Gasteiger partial charge in [-0.05, 0) is 37.6 Å². The van der Waals surface area contributed by atoms with E-state index >= 15 is 0 Å². The number of hydrogen-bond donors (Lipinski definition) is 1. The second-order valence-corrected chi connectivity index (χ2v) is 6.96. The van der Waals surface area contributed by atoms with Crippen molar-refractivity contribution < 1.29 is 9.53 Å². The summed E-state index contributed by atoms with van der Waals surface area (Å²) in [7, 11) is 0. The average Bonchev–Trinajstić information content (AvgIpc) is 2.66. The zero-order valence-corrected chi connectivity index (χ0v) is 15.9. The highest BCUT2D eigenvalue weighted by Crippen LogP contribution is 2.28. The van der Waals surface area contributed by atoms with Gasteiger partial charge in [0.1, 0.15) is 12.4 Å². The molecule has 1 aromatic carbocycles. The Balaban J connectivity index is 1.79. The number of rotatable bonds is 10. The molecule has 0 radical (unpaired) electrons. The summed E-state index contributed by atoms with van der Waals surface area (Å²) in [5, 5.41) is 3.04. The minimum Gasteiger partial charge on any atom is -0.490 e. The number of carbonyl (C=O) groups excluding carboxylic acids is 1. The Labute approximate surface area is 152 Å². The molecule has 0 saturated heterocycles. The maximum absolute atomic E-state index is 12.3. The van der Waals surface area contributed by atoms with Gasteiger partial charge in [0.05, 0.1) is 5.69 Å². The molecule has 2 rings (SSSR count). The normalized spacial score (nSPS) is 15.3. The van der Waals surface area contributed by atoms with Crippen molar-refractivity contribution in [2.24, 2.45) is 5.92 Å². The van der Waals surface area contributed by atoms with Gasteiger partial charge in [-0.15, -0.1) is 0 Å². The number of likely N-dealkylation sites (N-methyl/N-ethyl adjacent to an activating group) is 1. The maximum Gasteiger partial charge on any atom is 0.224 e. The highest BCUT2D eigenvalue weighted by molar-refractivity contribution is 5.92. The minimum absolute atomic E-state index is 0.102. The van der Waals surface area contributed by atoms with E-state index < -0.39 is 0 Å². The molecule has 1 N–H and O–H groups in total. The summed E-state index contributed by atoms with van der Waals surface area (Å²) < 4.78 is 5.91. The number of nitrogens with zero attached hydrogens (tertiary/aromatic N) is 1. The number of hydrogen-bond acceptors (Lipinski definition) is 3. The van der Waals surface area contributed by atoms with Gasteiger partial charge in [0.2, 0.25) is 5.91 Å². The Morgan fingerprint density at radius 3 is 2.60 bits per heavy atom. The van der Waals surface area contributed by atoms with E-state index in [1.165, 1.54) is 32.1 Å². The van der Waals surface area contributed by atoms with Crippen LogP contribution < -0.4 is 10.1 Å². The lowest BCUT2D eigenvalue weighted by atomic mass is 9.86. The summed E-state index contributed by atoms with van der Waals surface area (Å²) in [6, 6.07) is 7.74. The SMILES string of the molecule is CCN(CC)CCOc1ccccc1NC(=O)CCC1CCCCC1. The largest absolute Gasteiger partial charge is 0.490 e. The van der Waals surface area contributed by atoms with Crippen LogP contribution >= 0.6 is 0 Å². The fourth-order valence-electron chi connectivity index (χ4n) is 3.54. The molecule has 1 fully saturated rings. The zero-order chi connectivity index (χ0) is 17.9. The van der Waals surface area contributed by atoms with Crippen LogP contribution in [0.3, 0.4) is 0 Å². The van der Waals surface area contributed by atoms with Crippen molar-refractivity contribution >= 4 is 11.6 Å². The van der Waals surface area contributed by atoms with Crippen molar-refractivity contribution in [3.8, 4) is 5.75 Å². The van der Waals surface area contributed by atoms with E-state index in [2.05, 4.69) is 24.1 Å². The summed E-state index contributed by atoms with van der Waals surface area (Å²) in [5.41, 5.74) is 0.788. The van der Waals surface area contributed by atoms with Gasteiger partial charge in [0.15, 0.2) is 0 Å². The van der Waals surface area contributed by atoms with Crippen molar-refractivity contribution in [3.05, 3.63) is 24.3 Å². The van der Waals surface area contributed by atoms with Crippen molar-refractivity contribution in [3.63, 3.8) is 0 Å². The minimum atomic E-state index is 0.102. The fraction of sp³-hybridized carbons (Fsp3) is 0.667. The van der Waals surface area contributed by atoms with Crippen molar-refractivity contribution in [2.45, 2.75) is 58.8 Å². The van der Waals surface area contributed by atoms with Crippen molar-refractivity contribution in [1.82, 2.24) is 4.90 Å². The molecular formula is C21H34N2O2. The Morgan fingerprint density at radius 2 is 1.88 bits per heavy atom. The van der Waals surface area contributed by atoms with Gasteiger partial charge in [0.25, 0.3) is 0 Å². The van der Waals surface area contributed by atoms with Gasteiger partial charge < -0.3 is 15.0 Å². The molecule has 0 spiro atoms. The van der Waals surface area contributed by atoms with Crippen LogP contribution in [0, 0.1) is 5.92 Å². The van der Waals surface area contributed by atoms with Crippen LogP contribution in [0.15, 0.2) is 24.3 Å². The van der Waals surface area contributed by atoms with Crippen LogP contribution in [-0.4, -0.2) is 37.0 Å². The first-order valence-corrected chi connectivity index (χ1v) is 9.97. The van der Waals surface area contributed by atoms with Gasteiger partial charge in [-0.2, -0.15) is 0 Å². The number of carbonyl (C=O) groups is 1. The molecule has 1 saturated carbocycles. The van der Waals surface area contributed by atoms with Crippen molar-refractivity contribution in [2.75, 3.05) is 31.6 Å². The Bertz CT molecular complexity index is 508. The molecule has 0 bridgehead atoms. The van der Waals surface area contributed by atoms with Crippen LogP contribution in [0.5, 0.6) is 5.75 Å². The Kier molecular flexibility index (Phi) is 8.81. The van der Waals surface area contributed by atoms with E-state index in [4.69, 9.17) is 4.74 Å². The number of nitrogens with one attached hydrogen (secondary N) is 1. The number of ether oxygens (including phenoxy) is 1. The summed E-state index contributed by atoms with van der Waals surface area (Å²) in [4.78, 5) is 14.6. The van der Waals surface area contributed by atoms with E-state index in [1.807, 2.05) is 24.3 Å². The van der Waals surface area contributed by atoms with Crippen molar-refractivity contribution in [1.29, 1.82) is 0 Å². The molecule has 0 atom stereocenters. The van der Waals surface area contributed by atoms with Gasteiger partial charge in [-0.3, -0.25) is 4.79 Å². The zero-order valence-electron chi connectivity index (χ0n) is 15.9. The maximum atomic E-state index is 12.3. The number of amides is 1. The molecule has 4 nitrogen and oxygen atoms in total. The number of anilines is 1. The van der Waals surface area contributed by atoms with Crippen LogP contribution in [0.25, 0.3) is 0 Å². The Morgan fingerprint density at radius 1 is 1.16 bits per heavy atom. The van der Waals surface area contributed by atoms with Gasteiger partial charge >= 0.3 is 0 Å². The Hall–Kier alpha value is -1.55. The third-order valence-electron chi connectivity index (χ3n) is 5.23. The van der Waals surface area contributed by atoms with Gasteiger partial charge in [-0.1, -0.05) is 58.1 Å². The van der Waals surface area contributed by atoms with Crippen LogP contribution in [0.1, 0.15) is 58.8 Å². The van der Waals surface area contributed by atoms with E-state index in [9.17, 15) is 4.79 Å². The van der Waals surface area contributed by atoms with E-state index in [0.29, 0.717) is 13.0 Å². The highest BCUT2D eigenvalue weighted by atomic mass is 16.5. The molecule has 25 heavy (non-hydrogen) atoms. The summed E-state index contributed by atoms with van der Waals surface area (Å²) in [6.07, 6.45) is 8.22. The highest BCUT2D eigenvalue weighted by Gasteiger charge is 2.15. The van der Waals surface area contributed by atoms with Crippen LogP contribution in [-0.2, 0) is 4.79 Å². The molecule has 0 heterocycles. The predicted octanol–water partition coefficient (Wildman–Crippen LogP) is 4.71. The molecule has 0 aliphatic heterocycles. The molecule has 1 aliphatic carbocycles. The fourth-order valence-corrected chi connectivity index (χ4v) is 3.54. The third-order valence-corrected chi connectivity index (χ3v) is 5.23. The summed E-state index contributed by atoms with van der Waals surface area (Å²) >= 11 is 0. The lowest BCUT2D eigenvalue weighted by molar-refractivity contribution is -0.116. The lowest BCUT2D eigenvalue weighted by Crippen LogP contribution is -2.28. The van der Waals surface area contributed by atoms with Gasteiger partial charge in [0, 0.05) is 13.0 Å². The first kappa shape index (κ1) is 19.8. The predicted molar refractivity (Wildman–Crippen MR) is 104 cm³/mol. The monoisotopic (exact) mass is 346 g/mol.